The molecule has 0 amide bonds. The predicted octanol–water partition coefficient (Wildman–Crippen LogP) is 3.18. The monoisotopic (exact) mass is 401 g/mol. The van der Waals surface area contributed by atoms with Crippen molar-refractivity contribution in [3.8, 4) is 17.7 Å². The van der Waals surface area contributed by atoms with Gasteiger partial charge in [-0.05, 0) is 32.0 Å². The predicted molar refractivity (Wildman–Crippen MR) is 96.8 cm³/mol. The standard InChI is InChI=1S/C17H14F3N9/c1-9(2)24-15-27-14(13-23-7-5-12(26-13)17(18,19)20)28-16(29-15)25-10-4-3-6-22-11(10)8-21/h3-7,9H,1-2H3,(H2,24,25,27,28,29). The molecule has 3 heterocycles. The van der Waals surface area contributed by atoms with Gasteiger partial charge in [-0.15, -0.1) is 0 Å². The molecular weight excluding hydrogens is 387 g/mol. The van der Waals surface area contributed by atoms with Crippen LogP contribution in [0.4, 0.5) is 30.8 Å². The Morgan fingerprint density at radius 1 is 0.966 bits per heavy atom. The molecule has 12 heteroatoms. The normalized spacial score (nSPS) is 11.2. The van der Waals surface area contributed by atoms with E-state index in [1.807, 2.05) is 19.9 Å². The van der Waals surface area contributed by atoms with E-state index in [4.69, 9.17) is 5.26 Å². The van der Waals surface area contributed by atoms with Crippen molar-refractivity contribution >= 4 is 17.6 Å². The molecule has 0 aliphatic rings. The third-order valence-electron chi connectivity index (χ3n) is 3.36. The summed E-state index contributed by atoms with van der Waals surface area (Å²) in [6.45, 7) is 3.68. The first kappa shape index (κ1) is 19.9. The van der Waals surface area contributed by atoms with Crippen LogP contribution in [0, 0.1) is 11.3 Å². The Kier molecular flexibility index (Phi) is 5.49. The Hall–Kier alpha value is -3.88. The van der Waals surface area contributed by atoms with Crippen LogP contribution in [0.15, 0.2) is 30.6 Å². The Labute approximate surface area is 163 Å². The smallest absolute Gasteiger partial charge is 0.352 e. The van der Waals surface area contributed by atoms with Crippen LogP contribution in [0.2, 0.25) is 0 Å². The molecule has 3 rings (SSSR count). The Morgan fingerprint density at radius 3 is 2.41 bits per heavy atom. The molecule has 3 aromatic rings. The number of anilines is 3. The summed E-state index contributed by atoms with van der Waals surface area (Å²) in [5.74, 6) is -0.387. The lowest BCUT2D eigenvalue weighted by Gasteiger charge is -2.12. The third kappa shape index (κ3) is 4.89. The molecule has 0 aromatic carbocycles. The number of hydrogen-bond donors (Lipinski definition) is 2. The van der Waals surface area contributed by atoms with Gasteiger partial charge in [0.15, 0.2) is 11.5 Å². The van der Waals surface area contributed by atoms with Gasteiger partial charge < -0.3 is 10.6 Å². The molecule has 29 heavy (non-hydrogen) atoms. The molecule has 0 unspecified atom stereocenters. The third-order valence-corrected chi connectivity index (χ3v) is 3.36. The van der Waals surface area contributed by atoms with E-state index >= 15 is 0 Å². The van der Waals surface area contributed by atoms with Crippen molar-refractivity contribution in [3.05, 3.63) is 42.0 Å². The zero-order valence-corrected chi connectivity index (χ0v) is 15.2. The van der Waals surface area contributed by atoms with Gasteiger partial charge in [-0.25, -0.2) is 15.0 Å². The Bertz CT molecular complexity index is 1060. The van der Waals surface area contributed by atoms with Crippen LogP contribution in [0.5, 0.6) is 0 Å². The second-order valence-electron chi connectivity index (χ2n) is 6.00. The minimum absolute atomic E-state index is 0.0105. The molecule has 9 nitrogen and oxygen atoms in total. The van der Waals surface area contributed by atoms with E-state index < -0.39 is 11.9 Å². The molecule has 2 N–H and O–H groups in total. The van der Waals surface area contributed by atoms with Crippen LogP contribution >= 0.6 is 0 Å². The topological polar surface area (TPSA) is 125 Å². The molecule has 0 aliphatic carbocycles. The van der Waals surface area contributed by atoms with Crippen LogP contribution in [-0.4, -0.2) is 35.9 Å². The maximum absolute atomic E-state index is 13.0. The number of alkyl halides is 3. The lowest BCUT2D eigenvalue weighted by atomic mass is 10.3. The maximum Gasteiger partial charge on any atom is 0.433 e. The Morgan fingerprint density at radius 2 is 1.72 bits per heavy atom. The first-order valence-corrected chi connectivity index (χ1v) is 8.31. The number of halogens is 3. The summed E-state index contributed by atoms with van der Waals surface area (Å²) in [5.41, 5.74) is -0.689. The highest BCUT2D eigenvalue weighted by atomic mass is 19.4. The first-order valence-electron chi connectivity index (χ1n) is 8.31. The van der Waals surface area contributed by atoms with E-state index in [9.17, 15) is 13.2 Å². The molecule has 0 saturated heterocycles. The fraction of sp³-hybridized carbons (Fsp3) is 0.235. The molecule has 0 radical (unpaired) electrons. The molecule has 0 spiro atoms. The molecular formula is C17H14F3N9. The van der Waals surface area contributed by atoms with Crippen molar-refractivity contribution in [2.45, 2.75) is 26.1 Å². The van der Waals surface area contributed by atoms with E-state index in [-0.39, 0.29) is 35.3 Å². The lowest BCUT2D eigenvalue weighted by molar-refractivity contribution is -0.141. The van der Waals surface area contributed by atoms with E-state index in [1.165, 1.54) is 6.20 Å². The minimum atomic E-state index is -4.64. The van der Waals surface area contributed by atoms with E-state index in [0.29, 0.717) is 5.69 Å². The molecule has 0 bridgehead atoms. The fourth-order valence-corrected chi connectivity index (χ4v) is 2.19. The summed E-state index contributed by atoms with van der Waals surface area (Å²) >= 11 is 0. The highest BCUT2D eigenvalue weighted by Crippen LogP contribution is 2.28. The number of hydrogen-bond acceptors (Lipinski definition) is 9. The molecule has 148 valence electrons. The quantitative estimate of drug-likeness (QED) is 0.663. The van der Waals surface area contributed by atoms with Crippen molar-refractivity contribution in [2.75, 3.05) is 10.6 Å². The van der Waals surface area contributed by atoms with Gasteiger partial charge in [0.1, 0.15) is 11.8 Å². The van der Waals surface area contributed by atoms with Crippen molar-refractivity contribution < 1.29 is 13.2 Å². The molecule has 0 fully saturated rings. The summed E-state index contributed by atoms with van der Waals surface area (Å²) in [6.07, 6.45) is -2.21. The Balaban J connectivity index is 2.06. The first-order chi connectivity index (χ1) is 13.8. The highest BCUT2D eigenvalue weighted by molar-refractivity contribution is 5.62. The lowest BCUT2D eigenvalue weighted by Crippen LogP contribution is -2.15. The van der Waals surface area contributed by atoms with Gasteiger partial charge in [-0.3, -0.25) is 0 Å². The molecule has 0 saturated carbocycles. The molecule has 0 atom stereocenters. The van der Waals surface area contributed by atoms with Crippen LogP contribution in [0.1, 0.15) is 25.2 Å². The van der Waals surface area contributed by atoms with Crippen molar-refractivity contribution in [1.29, 1.82) is 5.26 Å². The SMILES string of the molecule is CC(C)Nc1nc(Nc2cccnc2C#N)nc(-c2nccc(C(F)(F)F)n2)n1. The minimum Gasteiger partial charge on any atom is -0.352 e. The average Bonchev–Trinajstić information content (AvgIpc) is 2.67. The number of rotatable bonds is 5. The molecule has 3 aromatic heterocycles. The van der Waals surface area contributed by atoms with E-state index in [0.717, 1.165) is 12.3 Å². The van der Waals surface area contributed by atoms with Gasteiger partial charge in [-0.1, -0.05) is 0 Å². The molecule has 0 aliphatic heterocycles. The van der Waals surface area contributed by atoms with Crippen molar-refractivity contribution in [1.82, 2.24) is 29.9 Å². The maximum atomic E-state index is 13.0. The summed E-state index contributed by atoms with van der Waals surface area (Å²) in [6, 6.07) is 5.81. The van der Waals surface area contributed by atoms with E-state index in [2.05, 4.69) is 40.5 Å². The zero-order valence-electron chi connectivity index (χ0n) is 15.2. The summed E-state index contributed by atoms with van der Waals surface area (Å²) < 4.78 is 38.9. The summed E-state index contributed by atoms with van der Waals surface area (Å²) in [7, 11) is 0. The van der Waals surface area contributed by atoms with Gasteiger partial charge in [0, 0.05) is 18.4 Å². The van der Waals surface area contributed by atoms with Crippen LogP contribution < -0.4 is 10.6 Å². The number of nitriles is 1. The summed E-state index contributed by atoms with van der Waals surface area (Å²) in [4.78, 5) is 23.7. The van der Waals surface area contributed by atoms with E-state index in [1.54, 1.807) is 12.1 Å². The van der Waals surface area contributed by atoms with Crippen molar-refractivity contribution in [2.24, 2.45) is 0 Å². The number of pyridine rings is 1. The fourth-order valence-electron chi connectivity index (χ4n) is 2.19. The average molecular weight is 401 g/mol. The van der Waals surface area contributed by atoms with Crippen LogP contribution in [-0.2, 0) is 6.18 Å². The van der Waals surface area contributed by atoms with Gasteiger partial charge in [0.2, 0.25) is 17.7 Å². The number of nitrogens with zero attached hydrogens (tertiary/aromatic N) is 7. The second kappa shape index (κ2) is 8.01. The zero-order chi connectivity index (χ0) is 21.0. The number of nitrogens with one attached hydrogen (secondary N) is 2. The van der Waals surface area contributed by atoms with Gasteiger partial charge in [-0.2, -0.15) is 33.4 Å². The van der Waals surface area contributed by atoms with Crippen LogP contribution in [0.25, 0.3) is 11.6 Å². The van der Waals surface area contributed by atoms with Gasteiger partial charge in [0.05, 0.1) is 5.69 Å². The van der Waals surface area contributed by atoms with Gasteiger partial charge in [0.25, 0.3) is 0 Å². The van der Waals surface area contributed by atoms with Crippen molar-refractivity contribution in [3.63, 3.8) is 0 Å². The van der Waals surface area contributed by atoms with Gasteiger partial charge >= 0.3 is 6.18 Å². The number of aromatic nitrogens is 6. The summed E-state index contributed by atoms with van der Waals surface area (Å²) in [5, 5.41) is 14.9. The van der Waals surface area contributed by atoms with Crippen LogP contribution in [0.3, 0.4) is 0 Å². The largest absolute Gasteiger partial charge is 0.433 e. The second-order valence-corrected chi connectivity index (χ2v) is 6.00. The highest BCUT2D eigenvalue weighted by Gasteiger charge is 2.33.